The van der Waals surface area contributed by atoms with Crippen molar-refractivity contribution in [2.45, 2.75) is 52.5 Å². The topological polar surface area (TPSA) is 12.0 Å². The monoisotopic (exact) mass is 281 g/mol. The van der Waals surface area contributed by atoms with Gasteiger partial charge in [-0.25, -0.2) is 8.78 Å². The van der Waals surface area contributed by atoms with E-state index in [0.29, 0.717) is 17.0 Å². The van der Waals surface area contributed by atoms with Crippen LogP contribution in [0.2, 0.25) is 0 Å². The molecule has 1 N–H and O–H groups in total. The van der Waals surface area contributed by atoms with E-state index in [-0.39, 0.29) is 17.7 Å². The van der Waals surface area contributed by atoms with Gasteiger partial charge in [0, 0.05) is 11.6 Å². The summed E-state index contributed by atoms with van der Waals surface area (Å²) in [4.78, 5) is 0. The van der Waals surface area contributed by atoms with Crippen LogP contribution in [-0.4, -0.2) is 6.54 Å². The maximum atomic E-state index is 13.9. The van der Waals surface area contributed by atoms with Gasteiger partial charge in [0.25, 0.3) is 0 Å². The van der Waals surface area contributed by atoms with Gasteiger partial charge in [-0.3, -0.25) is 0 Å². The van der Waals surface area contributed by atoms with E-state index in [1.807, 2.05) is 6.92 Å². The summed E-state index contributed by atoms with van der Waals surface area (Å²) in [6, 6.07) is 2.46. The average molecular weight is 281 g/mol. The molecule has 1 fully saturated rings. The van der Waals surface area contributed by atoms with Crippen LogP contribution in [0.25, 0.3) is 0 Å². The number of nitrogens with one attached hydrogen (secondary N) is 1. The molecule has 1 aromatic carbocycles. The summed E-state index contributed by atoms with van der Waals surface area (Å²) in [6.07, 6.45) is 5.10. The summed E-state index contributed by atoms with van der Waals surface area (Å²) < 4.78 is 27.5. The molecule has 112 valence electrons. The third-order valence-corrected chi connectivity index (χ3v) is 4.50. The SMILES string of the molecule is Cc1cc(F)c(C(C)NCC2CCCC(C)C2)cc1F. The Kier molecular flexibility index (Phi) is 5.14. The maximum Gasteiger partial charge on any atom is 0.128 e. The van der Waals surface area contributed by atoms with Gasteiger partial charge in [0.1, 0.15) is 11.6 Å². The zero-order chi connectivity index (χ0) is 14.7. The molecule has 3 heteroatoms. The van der Waals surface area contributed by atoms with Crippen LogP contribution in [0, 0.1) is 30.4 Å². The van der Waals surface area contributed by atoms with Gasteiger partial charge >= 0.3 is 0 Å². The van der Waals surface area contributed by atoms with Gasteiger partial charge in [-0.2, -0.15) is 0 Å². The lowest BCUT2D eigenvalue weighted by atomic mass is 9.82. The standard InChI is InChI=1S/C17H25F2N/c1-11-5-4-6-14(7-11)10-20-13(3)15-9-16(18)12(2)8-17(15)19/h8-9,11,13-14,20H,4-7,10H2,1-3H3. The molecule has 0 bridgehead atoms. The van der Waals surface area contributed by atoms with Gasteiger partial charge in [-0.1, -0.05) is 19.8 Å². The lowest BCUT2D eigenvalue weighted by molar-refractivity contribution is 0.268. The Hall–Kier alpha value is -0.960. The Morgan fingerprint density at radius 2 is 2.00 bits per heavy atom. The van der Waals surface area contributed by atoms with Crippen molar-refractivity contribution in [3.05, 3.63) is 34.9 Å². The Balaban J connectivity index is 1.94. The van der Waals surface area contributed by atoms with E-state index in [4.69, 9.17) is 0 Å². The molecule has 20 heavy (non-hydrogen) atoms. The summed E-state index contributed by atoms with van der Waals surface area (Å²) in [6.45, 7) is 6.67. The molecule has 0 heterocycles. The minimum absolute atomic E-state index is 0.151. The van der Waals surface area contributed by atoms with Crippen LogP contribution in [0.1, 0.15) is 56.7 Å². The summed E-state index contributed by atoms with van der Waals surface area (Å²) in [5.41, 5.74) is 0.788. The number of hydrogen-bond acceptors (Lipinski definition) is 1. The Bertz CT molecular complexity index is 459. The fourth-order valence-corrected chi connectivity index (χ4v) is 3.19. The summed E-state index contributed by atoms with van der Waals surface area (Å²) in [5.74, 6) is 0.807. The molecule has 0 amide bonds. The molecule has 1 saturated carbocycles. The fraction of sp³-hybridized carbons (Fsp3) is 0.647. The van der Waals surface area contributed by atoms with Gasteiger partial charge < -0.3 is 5.32 Å². The molecule has 3 atom stereocenters. The normalized spacial score (nSPS) is 24.6. The quantitative estimate of drug-likeness (QED) is 0.839. The molecule has 1 aliphatic rings. The summed E-state index contributed by atoms with van der Waals surface area (Å²) in [7, 11) is 0. The molecule has 0 aromatic heterocycles. The van der Waals surface area contributed by atoms with Crippen LogP contribution < -0.4 is 5.32 Å². The Morgan fingerprint density at radius 1 is 1.25 bits per heavy atom. The van der Waals surface area contributed by atoms with E-state index >= 15 is 0 Å². The Labute approximate surface area is 120 Å². The summed E-state index contributed by atoms with van der Waals surface area (Å²) in [5, 5.41) is 3.37. The minimum atomic E-state index is -0.332. The molecule has 0 aliphatic heterocycles. The van der Waals surface area contributed by atoms with Crippen molar-refractivity contribution in [1.82, 2.24) is 5.32 Å². The molecule has 2 rings (SSSR count). The zero-order valence-electron chi connectivity index (χ0n) is 12.7. The molecule has 1 aromatic rings. The minimum Gasteiger partial charge on any atom is -0.310 e. The average Bonchev–Trinajstić information content (AvgIpc) is 2.40. The highest BCUT2D eigenvalue weighted by Gasteiger charge is 2.20. The van der Waals surface area contributed by atoms with E-state index in [1.54, 1.807) is 6.92 Å². The van der Waals surface area contributed by atoms with Gasteiger partial charge in [-0.15, -0.1) is 0 Å². The molecular formula is C17H25F2N. The zero-order valence-corrected chi connectivity index (χ0v) is 12.7. The highest BCUT2D eigenvalue weighted by Crippen LogP contribution is 2.29. The maximum absolute atomic E-state index is 13.9. The Morgan fingerprint density at radius 3 is 2.70 bits per heavy atom. The van der Waals surface area contributed by atoms with Crippen LogP contribution in [0.3, 0.4) is 0 Å². The van der Waals surface area contributed by atoms with Crippen LogP contribution >= 0.6 is 0 Å². The molecule has 1 nitrogen and oxygen atoms in total. The highest BCUT2D eigenvalue weighted by molar-refractivity contribution is 5.27. The first-order valence-electron chi connectivity index (χ1n) is 7.66. The third-order valence-electron chi connectivity index (χ3n) is 4.50. The number of rotatable bonds is 4. The van der Waals surface area contributed by atoms with Crippen LogP contribution in [0.15, 0.2) is 12.1 Å². The summed E-state index contributed by atoms with van der Waals surface area (Å²) >= 11 is 0. The molecular weight excluding hydrogens is 256 g/mol. The second-order valence-corrected chi connectivity index (χ2v) is 6.39. The van der Waals surface area contributed by atoms with Crippen LogP contribution in [-0.2, 0) is 0 Å². The van der Waals surface area contributed by atoms with Crippen molar-refractivity contribution in [3.63, 3.8) is 0 Å². The molecule has 0 radical (unpaired) electrons. The van der Waals surface area contributed by atoms with E-state index in [1.165, 1.54) is 37.8 Å². The number of benzene rings is 1. The molecule has 0 spiro atoms. The molecule has 0 saturated heterocycles. The van der Waals surface area contributed by atoms with Crippen LogP contribution in [0.4, 0.5) is 8.78 Å². The molecule has 1 aliphatic carbocycles. The predicted octanol–water partition coefficient (Wildman–Crippen LogP) is 4.75. The van der Waals surface area contributed by atoms with E-state index < -0.39 is 0 Å². The number of hydrogen-bond donors (Lipinski definition) is 1. The van der Waals surface area contributed by atoms with E-state index in [0.717, 1.165) is 12.5 Å². The van der Waals surface area contributed by atoms with Gasteiger partial charge in [0.05, 0.1) is 0 Å². The van der Waals surface area contributed by atoms with Crippen LogP contribution in [0.5, 0.6) is 0 Å². The second kappa shape index (κ2) is 6.66. The smallest absolute Gasteiger partial charge is 0.128 e. The third kappa shape index (κ3) is 3.78. The van der Waals surface area contributed by atoms with Crippen molar-refractivity contribution in [2.24, 2.45) is 11.8 Å². The highest BCUT2D eigenvalue weighted by atomic mass is 19.1. The fourth-order valence-electron chi connectivity index (χ4n) is 3.19. The van der Waals surface area contributed by atoms with E-state index in [2.05, 4.69) is 12.2 Å². The predicted molar refractivity (Wildman–Crippen MR) is 78.6 cm³/mol. The van der Waals surface area contributed by atoms with Crippen molar-refractivity contribution in [3.8, 4) is 0 Å². The van der Waals surface area contributed by atoms with Gasteiger partial charge in [0.15, 0.2) is 0 Å². The van der Waals surface area contributed by atoms with Gasteiger partial charge in [-0.05, 0) is 62.8 Å². The first-order chi connectivity index (χ1) is 9.47. The second-order valence-electron chi connectivity index (χ2n) is 6.39. The van der Waals surface area contributed by atoms with Crippen molar-refractivity contribution >= 4 is 0 Å². The largest absolute Gasteiger partial charge is 0.310 e. The van der Waals surface area contributed by atoms with Crippen molar-refractivity contribution < 1.29 is 8.78 Å². The van der Waals surface area contributed by atoms with Crippen molar-refractivity contribution in [2.75, 3.05) is 6.54 Å². The lowest BCUT2D eigenvalue weighted by Gasteiger charge is -2.28. The molecule has 3 unspecified atom stereocenters. The van der Waals surface area contributed by atoms with Gasteiger partial charge in [0.2, 0.25) is 0 Å². The lowest BCUT2D eigenvalue weighted by Crippen LogP contribution is -2.29. The van der Waals surface area contributed by atoms with E-state index in [9.17, 15) is 8.78 Å². The first kappa shape index (κ1) is 15.4. The van der Waals surface area contributed by atoms with Crippen molar-refractivity contribution in [1.29, 1.82) is 0 Å². The first-order valence-corrected chi connectivity index (χ1v) is 7.66. The number of halogens is 2. The number of aryl methyl sites for hydroxylation is 1.